The highest BCUT2D eigenvalue weighted by atomic mass is 32.1. The van der Waals surface area contributed by atoms with Crippen molar-refractivity contribution in [3.63, 3.8) is 0 Å². The smallest absolute Gasteiger partial charge is 0.171 e. The predicted octanol–water partition coefficient (Wildman–Crippen LogP) is 5.13. The molecule has 0 fully saturated rings. The molecule has 2 N–H and O–H groups in total. The van der Waals surface area contributed by atoms with Crippen molar-refractivity contribution in [1.82, 2.24) is 5.32 Å². The summed E-state index contributed by atoms with van der Waals surface area (Å²) < 4.78 is 13.1. The van der Waals surface area contributed by atoms with Crippen LogP contribution in [-0.2, 0) is 0 Å². The topological polar surface area (TPSA) is 24.1 Å². The van der Waals surface area contributed by atoms with E-state index in [0.717, 1.165) is 16.8 Å². The van der Waals surface area contributed by atoms with E-state index in [0.29, 0.717) is 11.0 Å². The summed E-state index contributed by atoms with van der Waals surface area (Å²) in [6, 6.07) is 12.8. The molecule has 4 heteroatoms. The van der Waals surface area contributed by atoms with E-state index >= 15 is 0 Å². The second kappa shape index (κ2) is 7.55. The number of hydrogen-bond donors (Lipinski definition) is 2. The molecule has 2 rings (SSSR count). The summed E-state index contributed by atoms with van der Waals surface area (Å²) in [6.45, 7) is 8.32. The molecule has 0 aliphatic rings. The van der Waals surface area contributed by atoms with Crippen LogP contribution in [0.25, 0.3) is 0 Å². The van der Waals surface area contributed by atoms with Gasteiger partial charge in [0.2, 0.25) is 0 Å². The van der Waals surface area contributed by atoms with Crippen LogP contribution in [0, 0.1) is 25.6 Å². The molecule has 1 atom stereocenters. The minimum atomic E-state index is -0.229. The fourth-order valence-electron chi connectivity index (χ4n) is 2.48. The third kappa shape index (κ3) is 4.76. The number of rotatable bonds is 4. The van der Waals surface area contributed by atoms with Crippen molar-refractivity contribution >= 4 is 23.0 Å². The zero-order chi connectivity index (χ0) is 17.0. The van der Waals surface area contributed by atoms with E-state index in [2.05, 4.69) is 49.6 Å². The molecular weight excluding hydrogens is 307 g/mol. The maximum absolute atomic E-state index is 13.1. The van der Waals surface area contributed by atoms with Crippen LogP contribution >= 0.6 is 12.2 Å². The van der Waals surface area contributed by atoms with Crippen molar-refractivity contribution in [1.29, 1.82) is 0 Å². The van der Waals surface area contributed by atoms with Crippen LogP contribution < -0.4 is 10.6 Å². The van der Waals surface area contributed by atoms with Gasteiger partial charge in [-0.25, -0.2) is 4.39 Å². The fraction of sp³-hybridized carbons (Fsp3) is 0.316. The van der Waals surface area contributed by atoms with E-state index < -0.39 is 0 Å². The van der Waals surface area contributed by atoms with Gasteiger partial charge >= 0.3 is 0 Å². The highest BCUT2D eigenvalue weighted by Gasteiger charge is 2.17. The Morgan fingerprint density at radius 3 is 2.30 bits per heavy atom. The van der Waals surface area contributed by atoms with Gasteiger partial charge in [-0.05, 0) is 66.9 Å². The standard InChI is InChI=1S/C19H23FN2S/c1-12(2)18(15-7-9-16(20)10-8-15)22-19(23)21-17-11-13(3)5-6-14(17)4/h5-12,18H,1-4H3,(H2,21,22,23)/t18-/m1/s1. The normalized spacial score (nSPS) is 12.1. The summed E-state index contributed by atoms with van der Waals surface area (Å²) in [6.07, 6.45) is 0. The van der Waals surface area contributed by atoms with Gasteiger partial charge < -0.3 is 10.6 Å². The Kier molecular flexibility index (Phi) is 5.72. The van der Waals surface area contributed by atoms with Crippen molar-refractivity contribution in [3.8, 4) is 0 Å². The van der Waals surface area contributed by atoms with E-state index in [-0.39, 0.29) is 11.9 Å². The first-order valence-corrected chi connectivity index (χ1v) is 8.18. The highest BCUT2D eigenvalue weighted by Crippen LogP contribution is 2.23. The summed E-state index contributed by atoms with van der Waals surface area (Å²) in [4.78, 5) is 0. The summed E-state index contributed by atoms with van der Waals surface area (Å²) >= 11 is 5.46. The van der Waals surface area contributed by atoms with Crippen molar-refractivity contribution in [2.24, 2.45) is 5.92 Å². The van der Waals surface area contributed by atoms with Crippen LogP contribution in [0.5, 0.6) is 0 Å². The summed E-state index contributed by atoms with van der Waals surface area (Å²) in [5.74, 6) is 0.0890. The van der Waals surface area contributed by atoms with Crippen LogP contribution in [0.2, 0.25) is 0 Å². The van der Waals surface area contributed by atoms with E-state index in [9.17, 15) is 4.39 Å². The summed E-state index contributed by atoms with van der Waals surface area (Å²) in [5.41, 5.74) is 4.35. The molecule has 0 spiro atoms. The van der Waals surface area contributed by atoms with Gasteiger partial charge in [0.15, 0.2) is 5.11 Å². The molecule has 0 saturated carbocycles. The zero-order valence-corrected chi connectivity index (χ0v) is 14.8. The molecular formula is C19H23FN2S. The van der Waals surface area contributed by atoms with Crippen molar-refractivity contribution < 1.29 is 4.39 Å². The minimum absolute atomic E-state index is 0.0284. The first-order valence-electron chi connectivity index (χ1n) is 7.77. The zero-order valence-electron chi connectivity index (χ0n) is 14.0. The van der Waals surface area contributed by atoms with Gasteiger partial charge in [0.05, 0.1) is 6.04 Å². The van der Waals surface area contributed by atoms with Gasteiger partial charge in [-0.3, -0.25) is 0 Å². The maximum atomic E-state index is 13.1. The Hall–Kier alpha value is -1.94. The third-order valence-electron chi connectivity index (χ3n) is 3.82. The lowest BCUT2D eigenvalue weighted by atomic mass is 9.96. The lowest BCUT2D eigenvalue weighted by Gasteiger charge is -2.25. The first kappa shape index (κ1) is 17.4. The van der Waals surface area contributed by atoms with E-state index in [1.807, 2.05) is 6.92 Å². The molecule has 0 aliphatic carbocycles. The molecule has 2 nitrogen and oxygen atoms in total. The summed E-state index contributed by atoms with van der Waals surface area (Å²) in [7, 11) is 0. The molecule has 23 heavy (non-hydrogen) atoms. The van der Waals surface area contributed by atoms with Crippen molar-refractivity contribution in [2.75, 3.05) is 5.32 Å². The number of aryl methyl sites for hydroxylation is 2. The Balaban J connectivity index is 2.12. The molecule has 0 amide bonds. The van der Waals surface area contributed by atoms with Crippen LogP contribution in [0.15, 0.2) is 42.5 Å². The second-order valence-electron chi connectivity index (χ2n) is 6.19. The molecule has 122 valence electrons. The fourth-order valence-corrected chi connectivity index (χ4v) is 2.71. The van der Waals surface area contributed by atoms with Crippen LogP contribution in [0.1, 0.15) is 36.6 Å². The molecule has 0 bridgehead atoms. The van der Waals surface area contributed by atoms with E-state index in [1.165, 1.54) is 17.7 Å². The van der Waals surface area contributed by atoms with Gasteiger partial charge in [0.1, 0.15) is 5.82 Å². The second-order valence-corrected chi connectivity index (χ2v) is 6.60. The Morgan fingerprint density at radius 2 is 1.70 bits per heavy atom. The number of hydrogen-bond acceptors (Lipinski definition) is 1. The van der Waals surface area contributed by atoms with Gasteiger partial charge in [0, 0.05) is 5.69 Å². The Morgan fingerprint density at radius 1 is 1.04 bits per heavy atom. The molecule has 0 aliphatic heterocycles. The van der Waals surface area contributed by atoms with E-state index in [4.69, 9.17) is 12.2 Å². The average molecular weight is 330 g/mol. The molecule has 2 aromatic rings. The van der Waals surface area contributed by atoms with Crippen molar-refractivity contribution in [3.05, 3.63) is 65.0 Å². The quantitative estimate of drug-likeness (QED) is 0.760. The SMILES string of the molecule is Cc1ccc(C)c(NC(=S)N[C@@H](c2ccc(F)cc2)C(C)C)c1. The predicted molar refractivity (Wildman–Crippen MR) is 99.3 cm³/mol. The van der Waals surface area contributed by atoms with Crippen LogP contribution in [0.4, 0.5) is 10.1 Å². The van der Waals surface area contributed by atoms with Gasteiger partial charge in [-0.15, -0.1) is 0 Å². The monoisotopic (exact) mass is 330 g/mol. The number of nitrogens with one attached hydrogen (secondary N) is 2. The lowest BCUT2D eigenvalue weighted by Crippen LogP contribution is -2.35. The van der Waals surface area contributed by atoms with Gasteiger partial charge in [-0.1, -0.05) is 38.1 Å². The molecule has 0 unspecified atom stereocenters. The van der Waals surface area contributed by atoms with Crippen LogP contribution in [-0.4, -0.2) is 5.11 Å². The number of halogens is 1. The molecule has 0 aromatic heterocycles. The third-order valence-corrected chi connectivity index (χ3v) is 4.04. The molecule has 0 heterocycles. The number of thiocarbonyl (C=S) groups is 1. The number of anilines is 1. The lowest BCUT2D eigenvalue weighted by molar-refractivity contribution is 0.472. The summed E-state index contributed by atoms with van der Waals surface area (Å²) in [5, 5.41) is 7.18. The van der Waals surface area contributed by atoms with Crippen LogP contribution in [0.3, 0.4) is 0 Å². The maximum Gasteiger partial charge on any atom is 0.171 e. The molecule has 2 aromatic carbocycles. The first-order chi connectivity index (χ1) is 10.9. The molecule has 0 radical (unpaired) electrons. The Labute approximate surface area is 143 Å². The van der Waals surface area contributed by atoms with Gasteiger partial charge in [-0.2, -0.15) is 0 Å². The average Bonchev–Trinajstić information content (AvgIpc) is 2.49. The Bertz CT molecular complexity index is 680. The number of benzene rings is 2. The van der Waals surface area contributed by atoms with Gasteiger partial charge in [0.25, 0.3) is 0 Å². The van der Waals surface area contributed by atoms with E-state index in [1.54, 1.807) is 12.1 Å². The van der Waals surface area contributed by atoms with Crippen molar-refractivity contribution in [2.45, 2.75) is 33.7 Å². The highest BCUT2D eigenvalue weighted by molar-refractivity contribution is 7.80. The molecule has 0 saturated heterocycles. The largest absolute Gasteiger partial charge is 0.355 e. The minimum Gasteiger partial charge on any atom is -0.355 e.